The number of piperazine rings is 1. The number of hydrogen-bond acceptors (Lipinski definition) is 5. The van der Waals surface area contributed by atoms with Gasteiger partial charge in [-0.3, -0.25) is 4.79 Å². The Morgan fingerprint density at radius 2 is 1.88 bits per heavy atom. The highest BCUT2D eigenvalue weighted by molar-refractivity contribution is 7.90. The van der Waals surface area contributed by atoms with Gasteiger partial charge >= 0.3 is 6.18 Å². The first-order valence-corrected chi connectivity index (χ1v) is 9.47. The molecule has 140 valence electrons. The summed E-state index contributed by atoms with van der Waals surface area (Å²) in [5.74, 6) is -0.850. The molecule has 0 aliphatic carbocycles. The largest absolute Gasteiger partial charge is 0.480 e. The Bertz CT molecular complexity index is 744. The molecule has 1 atom stereocenters. The van der Waals surface area contributed by atoms with Gasteiger partial charge in [-0.05, 0) is 25.1 Å². The molecule has 2 rings (SSSR count). The first-order chi connectivity index (χ1) is 11.5. The minimum atomic E-state index is -4.61. The molecule has 0 radical (unpaired) electrons. The number of sulfone groups is 1. The second kappa shape index (κ2) is 7.20. The summed E-state index contributed by atoms with van der Waals surface area (Å²) in [5.41, 5.74) is -0.194. The summed E-state index contributed by atoms with van der Waals surface area (Å²) in [7, 11) is -3.62. The molecule has 0 aromatic heterocycles. The number of benzene rings is 1. The van der Waals surface area contributed by atoms with Crippen LogP contribution in [0.5, 0.6) is 5.75 Å². The first-order valence-electron chi connectivity index (χ1n) is 7.57. The van der Waals surface area contributed by atoms with Crippen LogP contribution in [0.4, 0.5) is 13.2 Å². The van der Waals surface area contributed by atoms with Gasteiger partial charge in [0.2, 0.25) is 0 Å². The summed E-state index contributed by atoms with van der Waals surface area (Å²) in [5, 5.41) is 3.05. The van der Waals surface area contributed by atoms with Crippen molar-refractivity contribution in [2.24, 2.45) is 0 Å². The van der Waals surface area contributed by atoms with E-state index in [1.54, 1.807) is 0 Å². The standard InChI is InChI=1S/C15H19F3N2O4S/c1-10(15(16,17)18)24-13-4-3-11(25(2,22)23)9-12(13)14(21)20-7-5-19-6-8-20/h3-4,9-10,19H,5-8H2,1-2H3. The van der Waals surface area contributed by atoms with Crippen molar-refractivity contribution in [1.82, 2.24) is 10.2 Å². The quantitative estimate of drug-likeness (QED) is 0.856. The highest BCUT2D eigenvalue weighted by atomic mass is 32.2. The van der Waals surface area contributed by atoms with Crippen molar-refractivity contribution >= 4 is 15.7 Å². The molecule has 0 bridgehead atoms. The molecule has 1 saturated heterocycles. The van der Waals surface area contributed by atoms with Crippen molar-refractivity contribution in [2.75, 3.05) is 32.4 Å². The van der Waals surface area contributed by atoms with Gasteiger partial charge in [0.25, 0.3) is 5.91 Å². The SMILES string of the molecule is CC(Oc1ccc(S(C)(=O)=O)cc1C(=O)N1CCNCC1)C(F)(F)F. The molecule has 1 aromatic rings. The monoisotopic (exact) mass is 380 g/mol. The molecule has 1 N–H and O–H groups in total. The smallest absolute Gasteiger partial charge is 0.425 e. The summed E-state index contributed by atoms with van der Waals surface area (Å²) in [6.07, 6.45) is -5.78. The molecule has 25 heavy (non-hydrogen) atoms. The van der Waals surface area contributed by atoms with E-state index in [0.29, 0.717) is 26.2 Å². The number of alkyl halides is 3. The maximum atomic E-state index is 12.8. The van der Waals surface area contributed by atoms with Gasteiger partial charge in [-0.1, -0.05) is 0 Å². The molecule has 1 amide bonds. The van der Waals surface area contributed by atoms with Gasteiger partial charge < -0.3 is 15.0 Å². The number of carbonyl (C=O) groups is 1. The number of nitrogens with zero attached hydrogens (tertiary/aromatic N) is 1. The van der Waals surface area contributed by atoms with Gasteiger partial charge in [-0.25, -0.2) is 8.42 Å². The van der Waals surface area contributed by atoms with Crippen LogP contribution >= 0.6 is 0 Å². The number of carbonyl (C=O) groups excluding carboxylic acids is 1. The molecular formula is C15H19F3N2O4S. The van der Waals surface area contributed by atoms with Crippen LogP contribution in [0.15, 0.2) is 23.1 Å². The van der Waals surface area contributed by atoms with E-state index in [-0.39, 0.29) is 16.2 Å². The molecule has 1 aliphatic heterocycles. The fourth-order valence-corrected chi connectivity index (χ4v) is 2.95. The maximum absolute atomic E-state index is 12.8. The lowest BCUT2D eigenvalue weighted by molar-refractivity contribution is -0.189. The van der Waals surface area contributed by atoms with Gasteiger partial charge in [0.05, 0.1) is 10.5 Å². The van der Waals surface area contributed by atoms with E-state index in [1.165, 1.54) is 4.90 Å². The lowest BCUT2D eigenvalue weighted by Crippen LogP contribution is -2.46. The average Bonchev–Trinajstić information content (AvgIpc) is 2.53. The number of halogens is 3. The lowest BCUT2D eigenvalue weighted by atomic mass is 10.1. The van der Waals surface area contributed by atoms with Gasteiger partial charge in [0.1, 0.15) is 5.75 Å². The van der Waals surface area contributed by atoms with Crippen LogP contribution in [0.25, 0.3) is 0 Å². The Hall–Kier alpha value is -1.81. The summed E-state index contributed by atoms with van der Waals surface area (Å²) >= 11 is 0. The van der Waals surface area contributed by atoms with Crippen molar-refractivity contribution in [3.63, 3.8) is 0 Å². The summed E-state index contributed by atoms with van der Waals surface area (Å²) in [4.78, 5) is 14.0. The van der Waals surface area contributed by atoms with Crippen LogP contribution in [0.1, 0.15) is 17.3 Å². The lowest BCUT2D eigenvalue weighted by Gasteiger charge is -2.28. The molecule has 0 spiro atoms. The first kappa shape index (κ1) is 19.5. The Morgan fingerprint density at radius 1 is 1.28 bits per heavy atom. The third-order valence-electron chi connectivity index (χ3n) is 3.78. The highest BCUT2D eigenvalue weighted by Gasteiger charge is 2.39. The zero-order valence-electron chi connectivity index (χ0n) is 13.8. The average molecular weight is 380 g/mol. The van der Waals surface area contributed by atoms with E-state index in [0.717, 1.165) is 31.4 Å². The third kappa shape index (κ3) is 4.85. The van der Waals surface area contributed by atoms with Crippen molar-refractivity contribution in [3.05, 3.63) is 23.8 Å². The van der Waals surface area contributed by atoms with Crippen molar-refractivity contribution in [2.45, 2.75) is 24.1 Å². The van der Waals surface area contributed by atoms with Crippen molar-refractivity contribution in [3.8, 4) is 5.75 Å². The topological polar surface area (TPSA) is 75.7 Å². The normalized spacial score (nSPS) is 17.2. The van der Waals surface area contributed by atoms with Crippen LogP contribution in [0.3, 0.4) is 0 Å². The third-order valence-corrected chi connectivity index (χ3v) is 4.89. The van der Waals surface area contributed by atoms with Crippen LogP contribution < -0.4 is 10.1 Å². The molecule has 1 fully saturated rings. The number of hydrogen-bond donors (Lipinski definition) is 1. The van der Waals surface area contributed by atoms with Crippen molar-refractivity contribution in [1.29, 1.82) is 0 Å². The number of nitrogens with one attached hydrogen (secondary N) is 1. The van der Waals surface area contributed by atoms with E-state index in [2.05, 4.69) is 5.32 Å². The molecule has 1 unspecified atom stereocenters. The molecule has 10 heteroatoms. The molecule has 1 heterocycles. The Labute approximate surface area is 143 Å². The summed E-state index contributed by atoms with van der Waals surface area (Å²) < 4.78 is 66.6. The van der Waals surface area contributed by atoms with E-state index < -0.39 is 28.0 Å². The predicted molar refractivity (Wildman–Crippen MR) is 84.5 cm³/mol. The molecular weight excluding hydrogens is 361 g/mol. The Kier molecular flexibility index (Phi) is 5.62. The van der Waals surface area contributed by atoms with E-state index in [1.807, 2.05) is 0 Å². The van der Waals surface area contributed by atoms with Crippen LogP contribution in [-0.2, 0) is 9.84 Å². The second-order valence-electron chi connectivity index (χ2n) is 5.77. The van der Waals surface area contributed by atoms with Gasteiger partial charge in [-0.2, -0.15) is 13.2 Å². The predicted octanol–water partition coefficient (Wildman–Crippen LogP) is 1.47. The summed E-state index contributed by atoms with van der Waals surface area (Å²) in [6.45, 7) is 2.66. The number of rotatable bonds is 4. The number of ether oxygens (including phenoxy) is 1. The highest BCUT2D eigenvalue weighted by Crippen LogP contribution is 2.29. The van der Waals surface area contributed by atoms with Crippen LogP contribution in [0.2, 0.25) is 0 Å². The van der Waals surface area contributed by atoms with Gasteiger partial charge in [0, 0.05) is 32.4 Å². The minimum Gasteiger partial charge on any atom is -0.480 e. The summed E-state index contributed by atoms with van der Waals surface area (Å²) in [6, 6.07) is 3.29. The van der Waals surface area contributed by atoms with Gasteiger partial charge in [-0.15, -0.1) is 0 Å². The molecule has 1 aliphatic rings. The van der Waals surface area contributed by atoms with E-state index >= 15 is 0 Å². The Morgan fingerprint density at radius 3 is 2.40 bits per heavy atom. The van der Waals surface area contributed by atoms with Crippen LogP contribution in [-0.4, -0.2) is 63.9 Å². The molecule has 6 nitrogen and oxygen atoms in total. The fraction of sp³-hybridized carbons (Fsp3) is 0.533. The number of amides is 1. The van der Waals surface area contributed by atoms with E-state index in [9.17, 15) is 26.4 Å². The maximum Gasteiger partial charge on any atom is 0.425 e. The molecule has 0 saturated carbocycles. The fourth-order valence-electron chi connectivity index (χ4n) is 2.31. The van der Waals surface area contributed by atoms with Gasteiger partial charge in [0.15, 0.2) is 15.9 Å². The minimum absolute atomic E-state index is 0.155. The van der Waals surface area contributed by atoms with E-state index in [4.69, 9.17) is 4.74 Å². The van der Waals surface area contributed by atoms with Crippen molar-refractivity contribution < 1.29 is 31.1 Å². The Balaban J connectivity index is 2.42. The zero-order chi connectivity index (χ0) is 18.8. The zero-order valence-corrected chi connectivity index (χ0v) is 14.6. The molecule has 1 aromatic carbocycles. The second-order valence-corrected chi connectivity index (χ2v) is 7.79. The van der Waals surface area contributed by atoms with Crippen LogP contribution in [0, 0.1) is 0 Å².